The normalized spacial score (nSPS) is 12.9. The Morgan fingerprint density at radius 3 is 1.16 bits per heavy atom. The van der Waals surface area contributed by atoms with E-state index < -0.39 is 16.6 Å². The third-order valence-electron chi connectivity index (χ3n) is 8.31. The second kappa shape index (κ2) is 11.9. The lowest BCUT2D eigenvalue weighted by molar-refractivity contribution is 0.493. The van der Waals surface area contributed by atoms with Gasteiger partial charge in [0.25, 0.3) is 16.6 Å². The van der Waals surface area contributed by atoms with Crippen molar-refractivity contribution in [1.29, 1.82) is 0 Å². The van der Waals surface area contributed by atoms with Crippen molar-refractivity contribution in [3.05, 3.63) is 71.8 Å². The van der Waals surface area contributed by atoms with E-state index in [9.17, 15) is 0 Å². The number of halogens is 2. The highest BCUT2D eigenvalue weighted by Crippen LogP contribution is 2.45. The third-order valence-corrected chi connectivity index (χ3v) is 18.6. The molecule has 0 spiro atoms. The van der Waals surface area contributed by atoms with Crippen molar-refractivity contribution < 1.29 is 8.85 Å². The first-order valence-corrected chi connectivity index (χ1v) is 22.2. The number of benzene rings is 3. The molecule has 38 heavy (non-hydrogen) atoms. The zero-order valence-electron chi connectivity index (χ0n) is 24.8. The fourth-order valence-electron chi connectivity index (χ4n) is 3.82. The van der Waals surface area contributed by atoms with Crippen LogP contribution in [0.15, 0.2) is 60.7 Å². The van der Waals surface area contributed by atoms with Crippen LogP contribution in [0.25, 0.3) is 22.3 Å². The van der Waals surface area contributed by atoms with Crippen molar-refractivity contribution in [1.82, 2.24) is 0 Å². The SMILES string of the molecule is CC(C)(C)[Si](C)(C)Oc1ccccc1-c1cc(CI)c(-c2ccccc2O[Si](C)(C)C(C)(C)C)cc1CI. The first-order chi connectivity index (χ1) is 17.5. The first-order valence-electron chi connectivity index (χ1n) is 13.4. The van der Waals surface area contributed by atoms with Gasteiger partial charge in [0.1, 0.15) is 11.5 Å². The van der Waals surface area contributed by atoms with E-state index in [2.05, 4.69) is 174 Å². The molecule has 2 nitrogen and oxygen atoms in total. The summed E-state index contributed by atoms with van der Waals surface area (Å²) >= 11 is 5.00. The molecular formula is C32H44I2O2Si2. The molecule has 0 aliphatic carbocycles. The Morgan fingerprint density at radius 2 is 0.868 bits per heavy atom. The van der Waals surface area contributed by atoms with Gasteiger partial charge in [0.05, 0.1) is 0 Å². The van der Waals surface area contributed by atoms with Crippen LogP contribution >= 0.6 is 45.2 Å². The fraction of sp³-hybridized carbons (Fsp3) is 0.438. The van der Waals surface area contributed by atoms with Crippen LogP contribution in [0, 0.1) is 0 Å². The van der Waals surface area contributed by atoms with E-state index in [1.807, 2.05) is 0 Å². The zero-order chi connectivity index (χ0) is 28.5. The molecule has 0 atom stereocenters. The largest absolute Gasteiger partial charge is 0.543 e. The number of rotatable bonds is 8. The van der Waals surface area contributed by atoms with E-state index in [1.165, 1.54) is 33.4 Å². The summed E-state index contributed by atoms with van der Waals surface area (Å²) in [5, 5.41) is 0.272. The molecule has 0 aliphatic heterocycles. The number of alkyl halides is 2. The monoisotopic (exact) mass is 770 g/mol. The Hall–Kier alpha value is -0.846. The Kier molecular flexibility index (Phi) is 9.96. The lowest BCUT2D eigenvalue weighted by Crippen LogP contribution is -2.44. The van der Waals surface area contributed by atoms with Crippen LogP contribution in [0.4, 0.5) is 0 Å². The summed E-state index contributed by atoms with van der Waals surface area (Å²) in [4.78, 5) is 0. The number of hydrogen-bond acceptors (Lipinski definition) is 2. The molecule has 0 saturated carbocycles. The molecule has 0 saturated heterocycles. The fourth-order valence-corrected chi connectivity index (χ4v) is 7.15. The predicted molar refractivity (Wildman–Crippen MR) is 188 cm³/mol. The quantitative estimate of drug-likeness (QED) is 0.129. The second-order valence-electron chi connectivity index (χ2n) is 13.2. The van der Waals surface area contributed by atoms with Gasteiger partial charge in [-0.05, 0) is 82.8 Å². The summed E-state index contributed by atoms with van der Waals surface area (Å²) in [7, 11) is -3.97. The molecule has 3 rings (SSSR count). The maximum absolute atomic E-state index is 6.86. The van der Waals surface area contributed by atoms with Crippen LogP contribution in [0.3, 0.4) is 0 Å². The maximum atomic E-state index is 6.86. The number of hydrogen-bond donors (Lipinski definition) is 0. The van der Waals surface area contributed by atoms with Gasteiger partial charge in [-0.15, -0.1) is 0 Å². The molecule has 0 N–H and O–H groups in total. The Bertz CT molecular complexity index is 1170. The summed E-state index contributed by atoms with van der Waals surface area (Å²) in [5.41, 5.74) is 7.56. The Morgan fingerprint density at radius 1 is 0.553 bits per heavy atom. The molecule has 3 aromatic rings. The van der Waals surface area contributed by atoms with Crippen molar-refractivity contribution in [2.75, 3.05) is 0 Å². The second-order valence-corrected chi connectivity index (χ2v) is 24.1. The molecule has 0 amide bonds. The van der Waals surface area contributed by atoms with Gasteiger partial charge in [-0.3, -0.25) is 0 Å². The summed E-state index contributed by atoms with van der Waals surface area (Å²) < 4.78 is 15.6. The summed E-state index contributed by atoms with van der Waals surface area (Å²) in [6.07, 6.45) is 0. The van der Waals surface area contributed by atoms with Gasteiger partial charge in [-0.1, -0.05) is 123 Å². The molecule has 0 heterocycles. The van der Waals surface area contributed by atoms with E-state index >= 15 is 0 Å². The van der Waals surface area contributed by atoms with Crippen molar-refractivity contribution in [3.8, 4) is 33.8 Å². The molecule has 0 unspecified atom stereocenters. The Balaban J connectivity index is 2.18. The lowest BCUT2D eigenvalue weighted by atomic mass is 9.91. The Labute approximate surface area is 260 Å². The van der Waals surface area contributed by atoms with Crippen LogP contribution in [-0.2, 0) is 8.86 Å². The van der Waals surface area contributed by atoms with Crippen LogP contribution in [0.1, 0.15) is 52.7 Å². The van der Waals surface area contributed by atoms with Crippen molar-refractivity contribution in [2.45, 2.75) is 86.7 Å². The number of para-hydroxylation sites is 2. The van der Waals surface area contributed by atoms with Gasteiger partial charge in [0.15, 0.2) is 0 Å². The smallest absolute Gasteiger partial charge is 0.250 e. The van der Waals surface area contributed by atoms with Gasteiger partial charge in [-0.25, -0.2) is 0 Å². The predicted octanol–water partition coefficient (Wildman–Crippen LogP) is 11.7. The van der Waals surface area contributed by atoms with Gasteiger partial charge in [0, 0.05) is 20.0 Å². The van der Waals surface area contributed by atoms with E-state index in [1.54, 1.807) is 0 Å². The zero-order valence-corrected chi connectivity index (χ0v) is 31.1. The molecule has 0 bridgehead atoms. The minimum absolute atomic E-state index is 0.136. The highest BCUT2D eigenvalue weighted by molar-refractivity contribution is 14.1. The molecule has 206 valence electrons. The van der Waals surface area contributed by atoms with E-state index in [0.717, 1.165) is 20.4 Å². The first kappa shape index (κ1) is 31.7. The standard InChI is InChI=1S/C32H44I2O2Si2/c1-31(2,3)37(7,8)35-29-17-13-11-15-25(29)27-19-24(22-34)28(20-23(27)21-33)26-16-12-14-18-30(26)36-38(9,10)32(4,5)6/h11-20H,21-22H2,1-10H3. The lowest BCUT2D eigenvalue weighted by Gasteiger charge is -2.37. The topological polar surface area (TPSA) is 18.5 Å². The average Bonchev–Trinajstić information content (AvgIpc) is 2.82. The van der Waals surface area contributed by atoms with Crippen molar-refractivity contribution >= 4 is 61.8 Å². The minimum Gasteiger partial charge on any atom is -0.543 e. The summed E-state index contributed by atoms with van der Waals surface area (Å²) in [6, 6.07) is 22.0. The maximum Gasteiger partial charge on any atom is 0.250 e. The highest BCUT2D eigenvalue weighted by Gasteiger charge is 2.40. The van der Waals surface area contributed by atoms with Crippen molar-refractivity contribution in [3.63, 3.8) is 0 Å². The molecule has 3 aromatic carbocycles. The van der Waals surface area contributed by atoms with Gasteiger partial charge < -0.3 is 8.85 Å². The van der Waals surface area contributed by atoms with Gasteiger partial charge in [0.2, 0.25) is 0 Å². The van der Waals surface area contributed by atoms with Crippen LogP contribution in [0.5, 0.6) is 11.5 Å². The summed E-state index contributed by atoms with van der Waals surface area (Å²) in [5.74, 6) is 2.00. The molecule has 0 aliphatic rings. The van der Waals surface area contributed by atoms with Crippen LogP contribution < -0.4 is 8.85 Å². The summed E-state index contributed by atoms with van der Waals surface area (Å²) in [6.45, 7) is 23.1. The van der Waals surface area contributed by atoms with Gasteiger partial charge in [-0.2, -0.15) is 0 Å². The molecule has 0 aromatic heterocycles. The van der Waals surface area contributed by atoms with E-state index in [-0.39, 0.29) is 10.1 Å². The highest BCUT2D eigenvalue weighted by atomic mass is 127. The van der Waals surface area contributed by atoms with E-state index in [0.29, 0.717) is 0 Å². The molecule has 6 heteroatoms. The van der Waals surface area contributed by atoms with Crippen molar-refractivity contribution in [2.24, 2.45) is 0 Å². The van der Waals surface area contributed by atoms with E-state index in [4.69, 9.17) is 8.85 Å². The van der Waals surface area contributed by atoms with Crippen LogP contribution in [0.2, 0.25) is 36.3 Å². The van der Waals surface area contributed by atoms with Gasteiger partial charge >= 0.3 is 0 Å². The molecule has 0 fully saturated rings. The van der Waals surface area contributed by atoms with Crippen LogP contribution in [-0.4, -0.2) is 16.6 Å². The third kappa shape index (κ3) is 6.89. The minimum atomic E-state index is -1.98. The average molecular weight is 771 g/mol. The molecular weight excluding hydrogens is 726 g/mol. The molecule has 0 radical (unpaired) electrons.